The summed E-state index contributed by atoms with van der Waals surface area (Å²) in [6.45, 7) is 0. The van der Waals surface area contributed by atoms with Crippen molar-refractivity contribution in [2.45, 2.75) is 0 Å². The Labute approximate surface area is 91.3 Å². The van der Waals surface area contributed by atoms with Gasteiger partial charge in [0.2, 0.25) is 0 Å². The normalized spacial score (nSPS) is 10.1. The zero-order valence-electron chi connectivity index (χ0n) is 8.53. The smallest absolute Gasteiger partial charge is 0.334 e. The summed E-state index contributed by atoms with van der Waals surface area (Å²) >= 11 is 0. The van der Waals surface area contributed by atoms with Gasteiger partial charge in [0.15, 0.2) is 5.75 Å². The SMILES string of the molecule is COc1cccc(-n2ccnc2)c1[N+](=O)[O-]. The number of rotatable bonds is 3. The molecule has 0 saturated heterocycles. The van der Waals surface area contributed by atoms with Gasteiger partial charge in [0, 0.05) is 12.4 Å². The molecular weight excluding hydrogens is 210 g/mol. The van der Waals surface area contributed by atoms with Crippen LogP contribution in [0.4, 0.5) is 5.69 Å². The fraction of sp³-hybridized carbons (Fsp3) is 0.100. The highest BCUT2D eigenvalue weighted by atomic mass is 16.6. The Morgan fingerprint density at radius 2 is 2.31 bits per heavy atom. The van der Waals surface area contributed by atoms with Crippen LogP contribution in [0.3, 0.4) is 0 Å². The van der Waals surface area contributed by atoms with Gasteiger partial charge >= 0.3 is 5.69 Å². The molecule has 0 spiro atoms. The van der Waals surface area contributed by atoms with Crippen LogP contribution < -0.4 is 4.74 Å². The van der Waals surface area contributed by atoms with E-state index in [-0.39, 0.29) is 11.4 Å². The molecule has 82 valence electrons. The molecule has 2 aromatic rings. The maximum absolute atomic E-state index is 11.0. The van der Waals surface area contributed by atoms with Crippen molar-refractivity contribution in [3.8, 4) is 11.4 Å². The Morgan fingerprint density at radius 1 is 1.50 bits per heavy atom. The van der Waals surface area contributed by atoms with Crippen LogP contribution >= 0.6 is 0 Å². The van der Waals surface area contributed by atoms with Gasteiger partial charge in [-0.2, -0.15) is 0 Å². The van der Waals surface area contributed by atoms with Gasteiger partial charge < -0.3 is 9.30 Å². The summed E-state index contributed by atoms with van der Waals surface area (Å²) in [7, 11) is 1.40. The number of imidazole rings is 1. The molecule has 2 rings (SSSR count). The second-order valence-corrected chi connectivity index (χ2v) is 3.06. The van der Waals surface area contributed by atoms with Crippen molar-refractivity contribution in [3.05, 3.63) is 47.0 Å². The molecule has 0 aliphatic heterocycles. The average molecular weight is 219 g/mol. The largest absolute Gasteiger partial charge is 0.490 e. The lowest BCUT2D eigenvalue weighted by atomic mass is 10.2. The van der Waals surface area contributed by atoms with E-state index in [0.717, 1.165) is 0 Å². The van der Waals surface area contributed by atoms with Crippen molar-refractivity contribution in [2.75, 3.05) is 7.11 Å². The lowest BCUT2D eigenvalue weighted by Gasteiger charge is -2.06. The van der Waals surface area contributed by atoms with E-state index in [0.29, 0.717) is 5.69 Å². The third kappa shape index (κ3) is 1.60. The molecule has 0 fully saturated rings. The van der Waals surface area contributed by atoms with E-state index in [1.54, 1.807) is 35.2 Å². The summed E-state index contributed by atoms with van der Waals surface area (Å²) in [6.07, 6.45) is 4.70. The van der Waals surface area contributed by atoms with Crippen LogP contribution in [0.15, 0.2) is 36.9 Å². The minimum Gasteiger partial charge on any atom is -0.490 e. The molecule has 0 saturated carbocycles. The van der Waals surface area contributed by atoms with Gasteiger partial charge in [-0.1, -0.05) is 6.07 Å². The first-order chi connectivity index (χ1) is 7.74. The summed E-state index contributed by atoms with van der Waals surface area (Å²) in [5, 5.41) is 11.0. The first-order valence-corrected chi connectivity index (χ1v) is 4.53. The average Bonchev–Trinajstić information content (AvgIpc) is 2.81. The van der Waals surface area contributed by atoms with Crippen LogP contribution in [0, 0.1) is 10.1 Å². The number of hydrogen-bond acceptors (Lipinski definition) is 4. The summed E-state index contributed by atoms with van der Waals surface area (Å²) in [5.74, 6) is 0.233. The van der Waals surface area contributed by atoms with Crippen LogP contribution in [0.2, 0.25) is 0 Å². The molecule has 0 aliphatic carbocycles. The maximum Gasteiger partial charge on any atom is 0.334 e. The molecule has 6 nitrogen and oxygen atoms in total. The molecular formula is C10H9N3O3. The zero-order chi connectivity index (χ0) is 11.5. The fourth-order valence-corrected chi connectivity index (χ4v) is 1.47. The van der Waals surface area contributed by atoms with Crippen LogP contribution in [0.25, 0.3) is 5.69 Å². The van der Waals surface area contributed by atoms with Crippen LogP contribution in [-0.2, 0) is 0 Å². The summed E-state index contributed by atoms with van der Waals surface area (Å²) in [4.78, 5) is 14.4. The van der Waals surface area contributed by atoms with Crippen LogP contribution in [0.5, 0.6) is 5.75 Å². The molecule has 16 heavy (non-hydrogen) atoms. The molecule has 0 bridgehead atoms. The van der Waals surface area contributed by atoms with E-state index in [4.69, 9.17) is 4.74 Å². The summed E-state index contributed by atoms with van der Waals surface area (Å²) < 4.78 is 6.54. The van der Waals surface area contributed by atoms with Crippen LogP contribution in [-0.4, -0.2) is 21.6 Å². The number of benzene rings is 1. The molecule has 1 aromatic carbocycles. The standard InChI is InChI=1S/C10H9N3O3/c1-16-9-4-2-3-8(10(9)13(14)15)12-6-5-11-7-12/h2-7H,1H3. The number of nitro benzene ring substituents is 1. The molecule has 0 aliphatic rings. The van der Waals surface area contributed by atoms with E-state index < -0.39 is 4.92 Å². The minimum atomic E-state index is -0.464. The number of aromatic nitrogens is 2. The second-order valence-electron chi connectivity index (χ2n) is 3.06. The van der Waals surface area contributed by atoms with Gasteiger partial charge in [0.25, 0.3) is 0 Å². The predicted molar refractivity (Wildman–Crippen MR) is 56.8 cm³/mol. The van der Waals surface area contributed by atoms with Crippen molar-refractivity contribution < 1.29 is 9.66 Å². The van der Waals surface area contributed by atoms with E-state index >= 15 is 0 Å². The topological polar surface area (TPSA) is 70.2 Å². The summed E-state index contributed by atoms with van der Waals surface area (Å²) in [5.41, 5.74) is 0.366. The highest BCUT2D eigenvalue weighted by molar-refractivity contribution is 5.61. The van der Waals surface area contributed by atoms with Crippen molar-refractivity contribution in [1.82, 2.24) is 9.55 Å². The van der Waals surface area contributed by atoms with Crippen LogP contribution in [0.1, 0.15) is 0 Å². The Hall–Kier alpha value is -2.37. The second kappa shape index (κ2) is 4.01. The third-order valence-corrected chi connectivity index (χ3v) is 2.16. The van der Waals surface area contributed by atoms with Gasteiger partial charge in [-0.15, -0.1) is 0 Å². The van der Waals surface area contributed by atoms with Gasteiger partial charge in [0.1, 0.15) is 5.69 Å². The lowest BCUT2D eigenvalue weighted by Crippen LogP contribution is -2.00. The fourth-order valence-electron chi connectivity index (χ4n) is 1.47. The highest BCUT2D eigenvalue weighted by Crippen LogP contribution is 2.32. The van der Waals surface area contributed by atoms with E-state index in [2.05, 4.69) is 4.98 Å². The van der Waals surface area contributed by atoms with Crippen molar-refractivity contribution >= 4 is 5.69 Å². The third-order valence-electron chi connectivity index (χ3n) is 2.16. The first kappa shape index (κ1) is 10.2. The Bertz CT molecular complexity index is 508. The minimum absolute atomic E-state index is 0.0667. The lowest BCUT2D eigenvalue weighted by molar-refractivity contribution is -0.385. The van der Waals surface area contributed by atoms with Crippen molar-refractivity contribution in [1.29, 1.82) is 0 Å². The molecule has 0 radical (unpaired) electrons. The number of nitrogens with zero attached hydrogens (tertiary/aromatic N) is 3. The van der Waals surface area contributed by atoms with Gasteiger partial charge in [-0.25, -0.2) is 4.98 Å². The zero-order valence-corrected chi connectivity index (χ0v) is 8.53. The maximum atomic E-state index is 11.0. The predicted octanol–water partition coefficient (Wildman–Crippen LogP) is 1.79. The molecule has 1 aromatic heterocycles. The molecule has 0 N–H and O–H groups in total. The summed E-state index contributed by atoms with van der Waals surface area (Å²) in [6, 6.07) is 4.89. The van der Waals surface area contributed by atoms with Crippen molar-refractivity contribution in [3.63, 3.8) is 0 Å². The monoisotopic (exact) mass is 219 g/mol. The quantitative estimate of drug-likeness (QED) is 0.582. The van der Waals surface area contributed by atoms with Gasteiger partial charge in [0.05, 0.1) is 18.4 Å². The molecule has 0 amide bonds. The Morgan fingerprint density at radius 3 is 2.88 bits per heavy atom. The van der Waals surface area contributed by atoms with E-state index in [1.165, 1.54) is 13.4 Å². The molecule has 1 heterocycles. The number of hydrogen-bond donors (Lipinski definition) is 0. The molecule has 0 atom stereocenters. The highest BCUT2D eigenvalue weighted by Gasteiger charge is 2.21. The van der Waals surface area contributed by atoms with Gasteiger partial charge in [-0.3, -0.25) is 10.1 Å². The molecule has 6 heteroatoms. The number of methoxy groups -OCH3 is 1. The Kier molecular flexibility index (Phi) is 2.55. The number of para-hydroxylation sites is 1. The van der Waals surface area contributed by atoms with Gasteiger partial charge in [-0.05, 0) is 12.1 Å². The van der Waals surface area contributed by atoms with Crippen molar-refractivity contribution in [2.24, 2.45) is 0 Å². The number of nitro groups is 1. The Balaban J connectivity index is 2.65. The first-order valence-electron chi connectivity index (χ1n) is 4.53. The molecule has 0 unspecified atom stereocenters. The van der Waals surface area contributed by atoms with E-state index in [1.807, 2.05) is 0 Å². The van der Waals surface area contributed by atoms with E-state index in [9.17, 15) is 10.1 Å². The number of ether oxygens (including phenoxy) is 1.